The van der Waals surface area contributed by atoms with E-state index in [0.717, 1.165) is 5.25 Å². The molecule has 1 atom stereocenters. The van der Waals surface area contributed by atoms with Crippen LogP contribution in [0.1, 0.15) is 19.3 Å². The van der Waals surface area contributed by atoms with Gasteiger partial charge in [0.15, 0.2) is 0 Å². The maximum absolute atomic E-state index is 3.45. The van der Waals surface area contributed by atoms with Crippen LogP contribution >= 0.6 is 11.8 Å². The van der Waals surface area contributed by atoms with Crippen molar-refractivity contribution in [3.8, 4) is 0 Å². The summed E-state index contributed by atoms with van der Waals surface area (Å²) in [6.07, 6.45) is 3.98. The Morgan fingerprint density at radius 3 is 2.79 bits per heavy atom. The molecule has 0 bridgehead atoms. The highest BCUT2D eigenvalue weighted by Crippen LogP contribution is 2.28. The molecule has 2 rings (SSSR count). The first-order valence-electron chi connectivity index (χ1n) is 5.37. The molecule has 1 aliphatic heterocycles. The summed E-state index contributed by atoms with van der Waals surface area (Å²) >= 11 is 2.04. The first-order chi connectivity index (χ1) is 6.95. The molecule has 0 aliphatic carbocycles. The third-order valence-electron chi connectivity index (χ3n) is 2.57. The Hall–Kier alpha value is -0.470. The lowest BCUT2D eigenvalue weighted by Gasteiger charge is -2.12. The zero-order valence-electron chi connectivity index (χ0n) is 8.41. The Kier molecular flexibility index (Phi) is 3.90. The molecular formula is C12H17NS. The lowest BCUT2D eigenvalue weighted by atomic mass is 10.2. The van der Waals surface area contributed by atoms with Gasteiger partial charge in [-0.25, -0.2) is 0 Å². The lowest BCUT2D eigenvalue weighted by Crippen LogP contribution is -2.14. The minimum atomic E-state index is 0.812. The normalized spacial score (nSPS) is 23.0. The third-order valence-corrected chi connectivity index (χ3v) is 3.92. The maximum Gasteiger partial charge on any atom is 0.0107 e. The number of thioether (sulfide) groups is 1. The zero-order valence-corrected chi connectivity index (χ0v) is 9.22. The molecule has 0 radical (unpaired) electrons. The smallest absolute Gasteiger partial charge is 0.0107 e. The van der Waals surface area contributed by atoms with Crippen molar-refractivity contribution in [2.75, 3.05) is 13.1 Å². The van der Waals surface area contributed by atoms with Crippen molar-refractivity contribution in [2.45, 2.75) is 29.4 Å². The van der Waals surface area contributed by atoms with Gasteiger partial charge in [-0.15, -0.1) is 11.8 Å². The van der Waals surface area contributed by atoms with Crippen molar-refractivity contribution < 1.29 is 0 Å². The fourth-order valence-electron chi connectivity index (χ4n) is 1.80. The van der Waals surface area contributed by atoms with Gasteiger partial charge in [-0.1, -0.05) is 18.2 Å². The molecule has 0 amide bonds. The quantitative estimate of drug-likeness (QED) is 0.800. The Labute approximate surface area is 90.3 Å². The van der Waals surface area contributed by atoms with Crippen molar-refractivity contribution in [3.05, 3.63) is 30.3 Å². The Bertz CT molecular complexity index is 252. The van der Waals surface area contributed by atoms with Gasteiger partial charge in [0.2, 0.25) is 0 Å². The summed E-state index contributed by atoms with van der Waals surface area (Å²) in [6.45, 7) is 2.39. The fraction of sp³-hybridized carbons (Fsp3) is 0.500. The highest BCUT2D eigenvalue weighted by molar-refractivity contribution is 8.00. The summed E-state index contributed by atoms with van der Waals surface area (Å²) in [5.41, 5.74) is 0. The molecule has 1 fully saturated rings. The van der Waals surface area contributed by atoms with Crippen molar-refractivity contribution in [3.63, 3.8) is 0 Å². The molecule has 1 unspecified atom stereocenters. The largest absolute Gasteiger partial charge is 0.317 e. The standard InChI is InChI=1S/C12H17NS/c1-2-5-11(6-3-1)14-12-7-4-9-13-10-8-12/h1-3,5-6,12-13H,4,7-10H2. The van der Waals surface area contributed by atoms with Crippen LogP contribution < -0.4 is 5.32 Å². The molecule has 1 saturated heterocycles. The molecule has 1 N–H and O–H groups in total. The van der Waals surface area contributed by atoms with E-state index in [9.17, 15) is 0 Å². The van der Waals surface area contributed by atoms with E-state index in [1.54, 1.807) is 0 Å². The summed E-state index contributed by atoms with van der Waals surface area (Å²) in [5, 5.41) is 4.26. The summed E-state index contributed by atoms with van der Waals surface area (Å²) in [4.78, 5) is 1.42. The molecule has 1 aromatic carbocycles. The van der Waals surface area contributed by atoms with Crippen molar-refractivity contribution in [1.82, 2.24) is 5.32 Å². The monoisotopic (exact) mass is 207 g/mol. The third kappa shape index (κ3) is 3.03. The number of nitrogens with one attached hydrogen (secondary N) is 1. The topological polar surface area (TPSA) is 12.0 Å². The van der Waals surface area contributed by atoms with E-state index in [0.29, 0.717) is 0 Å². The molecule has 2 heteroatoms. The Balaban J connectivity index is 1.90. The maximum atomic E-state index is 3.45. The van der Waals surface area contributed by atoms with E-state index >= 15 is 0 Å². The van der Waals surface area contributed by atoms with E-state index < -0.39 is 0 Å². The number of rotatable bonds is 2. The fourth-order valence-corrected chi connectivity index (χ4v) is 3.02. The highest BCUT2D eigenvalue weighted by Gasteiger charge is 2.12. The Morgan fingerprint density at radius 2 is 1.93 bits per heavy atom. The van der Waals surface area contributed by atoms with Crippen LogP contribution in [0.25, 0.3) is 0 Å². The van der Waals surface area contributed by atoms with Crippen LogP contribution in [0.4, 0.5) is 0 Å². The molecule has 1 aliphatic rings. The van der Waals surface area contributed by atoms with Gasteiger partial charge in [0.05, 0.1) is 0 Å². The first-order valence-corrected chi connectivity index (χ1v) is 6.25. The van der Waals surface area contributed by atoms with Gasteiger partial charge in [0, 0.05) is 10.1 Å². The predicted molar refractivity (Wildman–Crippen MR) is 62.8 cm³/mol. The van der Waals surface area contributed by atoms with Gasteiger partial charge in [-0.2, -0.15) is 0 Å². The van der Waals surface area contributed by atoms with Crippen molar-refractivity contribution in [2.24, 2.45) is 0 Å². The minimum Gasteiger partial charge on any atom is -0.317 e. The van der Waals surface area contributed by atoms with Crippen LogP contribution in [0.15, 0.2) is 35.2 Å². The summed E-state index contributed by atoms with van der Waals surface area (Å²) in [7, 11) is 0. The molecule has 0 aromatic heterocycles. The molecular weight excluding hydrogens is 190 g/mol. The predicted octanol–water partition coefficient (Wildman–Crippen LogP) is 2.92. The van der Waals surface area contributed by atoms with Crippen LogP contribution in [-0.2, 0) is 0 Å². The molecule has 1 nitrogen and oxygen atoms in total. The summed E-state index contributed by atoms with van der Waals surface area (Å²) in [5.74, 6) is 0. The zero-order chi connectivity index (χ0) is 9.64. The second kappa shape index (κ2) is 5.42. The second-order valence-corrected chi connectivity index (χ2v) is 5.11. The number of hydrogen-bond acceptors (Lipinski definition) is 2. The van der Waals surface area contributed by atoms with Crippen molar-refractivity contribution >= 4 is 11.8 Å². The van der Waals surface area contributed by atoms with Crippen LogP contribution in [0, 0.1) is 0 Å². The van der Waals surface area contributed by atoms with E-state index in [4.69, 9.17) is 0 Å². The molecule has 0 saturated carbocycles. The SMILES string of the molecule is c1ccc(SC2CCCNCC2)cc1. The average Bonchev–Trinajstić information content (AvgIpc) is 2.48. The van der Waals surface area contributed by atoms with Gasteiger partial charge in [-0.3, -0.25) is 0 Å². The van der Waals surface area contributed by atoms with Crippen molar-refractivity contribution in [1.29, 1.82) is 0 Å². The highest BCUT2D eigenvalue weighted by atomic mass is 32.2. The second-order valence-electron chi connectivity index (χ2n) is 3.73. The van der Waals surface area contributed by atoms with Crippen LogP contribution in [0.3, 0.4) is 0 Å². The molecule has 14 heavy (non-hydrogen) atoms. The molecule has 76 valence electrons. The van der Waals surface area contributed by atoms with Crippen LogP contribution in [0.5, 0.6) is 0 Å². The summed E-state index contributed by atoms with van der Waals surface area (Å²) < 4.78 is 0. The number of hydrogen-bond donors (Lipinski definition) is 1. The summed E-state index contributed by atoms with van der Waals surface area (Å²) in [6, 6.07) is 10.7. The van der Waals surface area contributed by atoms with Gasteiger partial charge >= 0.3 is 0 Å². The average molecular weight is 207 g/mol. The van der Waals surface area contributed by atoms with Crippen LogP contribution in [0.2, 0.25) is 0 Å². The van der Waals surface area contributed by atoms with E-state index in [2.05, 4.69) is 35.6 Å². The van der Waals surface area contributed by atoms with Gasteiger partial charge in [0.25, 0.3) is 0 Å². The lowest BCUT2D eigenvalue weighted by molar-refractivity contribution is 0.703. The molecule has 0 spiro atoms. The Morgan fingerprint density at radius 1 is 1.07 bits per heavy atom. The first kappa shape index (κ1) is 10.1. The minimum absolute atomic E-state index is 0.812. The van der Waals surface area contributed by atoms with E-state index in [-0.39, 0.29) is 0 Å². The molecule has 1 heterocycles. The van der Waals surface area contributed by atoms with Gasteiger partial charge < -0.3 is 5.32 Å². The van der Waals surface area contributed by atoms with E-state index in [1.807, 2.05) is 11.8 Å². The van der Waals surface area contributed by atoms with E-state index in [1.165, 1.54) is 37.2 Å². The number of benzene rings is 1. The molecule has 1 aromatic rings. The van der Waals surface area contributed by atoms with Crippen LogP contribution in [-0.4, -0.2) is 18.3 Å². The van der Waals surface area contributed by atoms with Gasteiger partial charge in [-0.05, 0) is 44.5 Å². The van der Waals surface area contributed by atoms with Gasteiger partial charge in [0.1, 0.15) is 0 Å².